The smallest absolute Gasteiger partial charge is 0.871 e. The minimum absolute atomic E-state index is 0. The Morgan fingerprint density at radius 3 is 1.38 bits per heavy atom. The molecule has 0 unspecified atom stereocenters. The standard InChI is InChI=1S/2C13H9N3OS.Co/c2*17-12-10-4-2-1-3-9(10)5-6-11(12)15-16-13-14-7-8-18-13;/h2*1-8,17H;/q;;+2/p-2. The van der Waals surface area contributed by atoms with Gasteiger partial charge >= 0.3 is 16.8 Å². The molecule has 11 heteroatoms. The van der Waals surface area contributed by atoms with Crippen LogP contribution in [0.25, 0.3) is 21.5 Å². The summed E-state index contributed by atoms with van der Waals surface area (Å²) in [4.78, 5) is 7.96. The second-order valence-electron chi connectivity index (χ2n) is 7.30. The first-order valence-electron chi connectivity index (χ1n) is 10.7. The molecule has 0 saturated heterocycles. The Balaban J connectivity index is 0.000000168. The molecule has 37 heavy (non-hydrogen) atoms. The summed E-state index contributed by atoms with van der Waals surface area (Å²) in [6, 6.07) is 22.0. The van der Waals surface area contributed by atoms with Crippen LogP contribution in [0.1, 0.15) is 0 Å². The van der Waals surface area contributed by atoms with Gasteiger partial charge in [-0.2, -0.15) is 0 Å². The third-order valence-electron chi connectivity index (χ3n) is 5.04. The van der Waals surface area contributed by atoms with E-state index >= 15 is 0 Å². The van der Waals surface area contributed by atoms with E-state index in [-0.39, 0.29) is 28.3 Å². The predicted octanol–water partition coefficient (Wildman–Crippen LogP) is 7.57. The maximum atomic E-state index is 12.1. The second-order valence-corrected chi connectivity index (χ2v) is 9.05. The van der Waals surface area contributed by atoms with Gasteiger partial charge in [0.25, 0.3) is 0 Å². The molecule has 0 saturated carbocycles. The van der Waals surface area contributed by atoms with Crippen LogP contribution in [0.15, 0.2) is 116 Å². The van der Waals surface area contributed by atoms with Gasteiger partial charge in [-0.3, -0.25) is 0 Å². The van der Waals surface area contributed by atoms with Crippen molar-refractivity contribution in [1.82, 2.24) is 9.97 Å². The van der Waals surface area contributed by atoms with Gasteiger partial charge in [-0.05, 0) is 33.7 Å². The van der Waals surface area contributed by atoms with Crippen LogP contribution in [0.5, 0.6) is 11.5 Å². The summed E-state index contributed by atoms with van der Waals surface area (Å²) in [6.45, 7) is 0. The Bertz CT molecular complexity index is 1550. The Morgan fingerprint density at radius 2 is 0.973 bits per heavy atom. The van der Waals surface area contributed by atoms with Crippen LogP contribution in [-0.2, 0) is 16.8 Å². The van der Waals surface area contributed by atoms with E-state index < -0.39 is 0 Å². The number of benzene rings is 4. The molecule has 4 aromatic carbocycles. The molecule has 0 spiro atoms. The quantitative estimate of drug-likeness (QED) is 0.204. The molecule has 0 atom stereocenters. The van der Waals surface area contributed by atoms with E-state index in [9.17, 15) is 10.2 Å². The van der Waals surface area contributed by atoms with E-state index in [0.717, 1.165) is 10.8 Å². The number of thiazole rings is 2. The van der Waals surface area contributed by atoms with Crippen molar-refractivity contribution < 1.29 is 27.0 Å². The maximum Gasteiger partial charge on any atom is 2.00 e. The van der Waals surface area contributed by atoms with Crippen molar-refractivity contribution >= 4 is 65.9 Å². The molecule has 6 aromatic rings. The molecule has 0 amide bonds. The molecular weight excluding hydrogens is 551 g/mol. The van der Waals surface area contributed by atoms with Gasteiger partial charge in [0.05, 0.1) is 11.4 Å². The van der Waals surface area contributed by atoms with Gasteiger partial charge in [0, 0.05) is 23.2 Å². The summed E-state index contributed by atoms with van der Waals surface area (Å²) in [7, 11) is 0. The molecule has 0 fully saturated rings. The average Bonchev–Trinajstić information content (AvgIpc) is 3.63. The van der Waals surface area contributed by atoms with Crippen molar-refractivity contribution in [3.05, 3.63) is 96.0 Å². The Kier molecular flexibility index (Phi) is 8.64. The molecule has 1 radical (unpaired) electrons. The fourth-order valence-corrected chi connectivity index (χ4v) is 4.25. The van der Waals surface area contributed by atoms with Gasteiger partial charge in [-0.15, -0.1) is 43.1 Å². The monoisotopic (exact) mass is 567 g/mol. The Labute approximate surface area is 229 Å². The average molecular weight is 568 g/mol. The van der Waals surface area contributed by atoms with Crippen LogP contribution in [0, 0.1) is 0 Å². The van der Waals surface area contributed by atoms with E-state index in [1.165, 1.54) is 22.7 Å². The van der Waals surface area contributed by atoms with Gasteiger partial charge < -0.3 is 10.2 Å². The van der Waals surface area contributed by atoms with Gasteiger partial charge in [-0.1, -0.05) is 72.2 Å². The first-order chi connectivity index (χ1) is 17.7. The van der Waals surface area contributed by atoms with Gasteiger partial charge in [0.15, 0.2) is 0 Å². The molecule has 6 rings (SSSR count). The fourth-order valence-electron chi connectivity index (χ4n) is 3.34. The summed E-state index contributed by atoms with van der Waals surface area (Å²) < 4.78 is 0. The molecule has 0 aliphatic heterocycles. The number of nitrogens with zero attached hydrogens (tertiary/aromatic N) is 6. The van der Waals surface area contributed by atoms with E-state index in [1.54, 1.807) is 36.7 Å². The van der Waals surface area contributed by atoms with Crippen molar-refractivity contribution in [1.29, 1.82) is 0 Å². The van der Waals surface area contributed by atoms with Crippen molar-refractivity contribution in [2.45, 2.75) is 0 Å². The molecule has 0 aliphatic rings. The van der Waals surface area contributed by atoms with Crippen LogP contribution in [0.2, 0.25) is 0 Å². The van der Waals surface area contributed by atoms with Crippen LogP contribution in [0.4, 0.5) is 21.6 Å². The third-order valence-corrected chi connectivity index (χ3v) is 6.35. The van der Waals surface area contributed by atoms with Gasteiger partial charge in [0.1, 0.15) is 0 Å². The van der Waals surface area contributed by atoms with E-state index in [4.69, 9.17) is 0 Å². The number of hydrogen-bond donors (Lipinski definition) is 0. The van der Waals surface area contributed by atoms with Gasteiger partial charge in [-0.25, -0.2) is 9.97 Å². The number of rotatable bonds is 4. The summed E-state index contributed by atoms with van der Waals surface area (Å²) in [5.74, 6) is -0.207. The molecule has 2 aromatic heterocycles. The third kappa shape index (κ3) is 6.21. The SMILES string of the molecule is [Co+2].[O-]c1c(N=Nc2nccs2)ccc2ccccc12.[O-]c1c(N=Nc2nccs2)ccc2ccccc12. The van der Waals surface area contributed by atoms with Crippen molar-refractivity contribution in [2.75, 3.05) is 0 Å². The zero-order chi connectivity index (χ0) is 24.7. The number of azo groups is 2. The zero-order valence-corrected chi connectivity index (χ0v) is 21.6. The summed E-state index contributed by atoms with van der Waals surface area (Å²) >= 11 is 2.76. The van der Waals surface area contributed by atoms with Crippen molar-refractivity contribution in [3.8, 4) is 11.5 Å². The molecule has 2 heterocycles. The van der Waals surface area contributed by atoms with Crippen LogP contribution >= 0.6 is 22.7 Å². The summed E-state index contributed by atoms with van der Waals surface area (Å²) in [5, 5.41) is 47.9. The van der Waals surface area contributed by atoms with Crippen LogP contribution in [-0.4, -0.2) is 9.97 Å². The molecule has 0 bridgehead atoms. The largest absolute Gasteiger partial charge is 2.00 e. The number of aromatic nitrogens is 2. The minimum atomic E-state index is -0.103. The normalized spacial score (nSPS) is 11.0. The number of fused-ring (bicyclic) bond motifs is 2. The van der Waals surface area contributed by atoms with Gasteiger partial charge in [0.2, 0.25) is 10.3 Å². The van der Waals surface area contributed by atoms with Crippen LogP contribution in [0.3, 0.4) is 0 Å². The second kappa shape index (κ2) is 12.3. The fraction of sp³-hybridized carbons (Fsp3) is 0. The zero-order valence-electron chi connectivity index (χ0n) is 18.9. The minimum Gasteiger partial charge on any atom is -0.871 e. The predicted molar refractivity (Wildman–Crippen MR) is 139 cm³/mol. The van der Waals surface area contributed by atoms with E-state index in [1.807, 2.05) is 59.3 Å². The topological polar surface area (TPSA) is 121 Å². The number of hydrogen-bond acceptors (Lipinski definition) is 10. The molecule has 0 N–H and O–H groups in total. The Morgan fingerprint density at radius 1 is 0.541 bits per heavy atom. The summed E-state index contributed by atoms with van der Waals surface area (Å²) in [5.41, 5.74) is 0.674. The molecule has 0 aliphatic carbocycles. The summed E-state index contributed by atoms with van der Waals surface area (Å²) in [6.07, 6.45) is 3.30. The van der Waals surface area contributed by atoms with Crippen molar-refractivity contribution in [2.24, 2.45) is 20.5 Å². The van der Waals surface area contributed by atoms with E-state index in [2.05, 4.69) is 30.4 Å². The molecular formula is C26H16CoN6O2S2. The Hall–Kier alpha value is -4.03. The molecule has 8 nitrogen and oxygen atoms in total. The van der Waals surface area contributed by atoms with E-state index in [0.29, 0.717) is 32.4 Å². The first-order valence-corrected chi connectivity index (χ1v) is 12.4. The van der Waals surface area contributed by atoms with Crippen molar-refractivity contribution in [3.63, 3.8) is 0 Å². The van der Waals surface area contributed by atoms with Crippen LogP contribution < -0.4 is 10.2 Å². The maximum absolute atomic E-state index is 12.1. The first kappa shape index (κ1) is 26.0. The molecule has 183 valence electrons.